The summed E-state index contributed by atoms with van der Waals surface area (Å²) in [5, 5.41) is 12.1. The van der Waals surface area contributed by atoms with Gasteiger partial charge in [-0.15, -0.1) is 0 Å². The van der Waals surface area contributed by atoms with E-state index >= 15 is 0 Å². The molecule has 0 atom stereocenters. The lowest BCUT2D eigenvalue weighted by molar-refractivity contribution is 0.103. The van der Waals surface area contributed by atoms with Crippen molar-refractivity contribution in [1.29, 1.82) is 0 Å². The number of sulfone groups is 1. The second-order valence-electron chi connectivity index (χ2n) is 4.76. The van der Waals surface area contributed by atoms with Crippen molar-refractivity contribution in [1.82, 2.24) is 9.78 Å². The van der Waals surface area contributed by atoms with Crippen molar-refractivity contribution in [3.63, 3.8) is 0 Å². The lowest BCUT2D eigenvalue weighted by Crippen LogP contribution is -2.21. The van der Waals surface area contributed by atoms with Gasteiger partial charge in [0.15, 0.2) is 9.84 Å². The maximum absolute atomic E-state index is 12.5. The van der Waals surface area contributed by atoms with Gasteiger partial charge >= 0.3 is 0 Å². The average molecular weight is 310 g/mol. The number of hydrogen-bond donors (Lipinski definition) is 2. The Morgan fingerprint density at radius 2 is 1.95 bits per heavy atom. The summed E-state index contributed by atoms with van der Waals surface area (Å²) in [6.45, 7) is 1.55. The maximum Gasteiger partial charge on any atom is 0.277 e. The predicted octanol–water partition coefficient (Wildman–Crippen LogP) is 0.362. The van der Waals surface area contributed by atoms with Gasteiger partial charge < -0.3 is 5.11 Å². The van der Waals surface area contributed by atoms with Gasteiger partial charge in [-0.25, -0.2) is 8.42 Å². The standard InChI is InChI=1S/C13H14N2O5S/c1-7-11(13(18)15(2)14-7)12(17)9-5-4-8(16)6-10(9)21(3,19)20/h4-6,14,16H,1-3H3. The molecule has 2 aromatic rings. The molecule has 1 aromatic heterocycles. The van der Waals surface area contributed by atoms with Crippen LogP contribution >= 0.6 is 0 Å². The van der Waals surface area contributed by atoms with E-state index < -0.39 is 21.2 Å². The number of aromatic hydroxyl groups is 1. The Balaban J connectivity index is 2.73. The number of hydrogen-bond acceptors (Lipinski definition) is 5. The Morgan fingerprint density at radius 3 is 2.43 bits per heavy atom. The molecule has 0 aliphatic carbocycles. The number of carbonyl (C=O) groups excluding carboxylic acids is 1. The molecule has 0 radical (unpaired) electrons. The molecule has 0 bridgehead atoms. The number of ketones is 1. The zero-order valence-corrected chi connectivity index (χ0v) is 12.5. The predicted molar refractivity (Wildman–Crippen MR) is 75.4 cm³/mol. The molecule has 0 spiro atoms. The first-order chi connectivity index (χ1) is 9.62. The molecular weight excluding hydrogens is 296 g/mol. The van der Waals surface area contributed by atoms with Gasteiger partial charge in [0.1, 0.15) is 11.3 Å². The highest BCUT2D eigenvalue weighted by molar-refractivity contribution is 7.90. The van der Waals surface area contributed by atoms with Crippen LogP contribution in [-0.2, 0) is 16.9 Å². The Morgan fingerprint density at radius 1 is 1.33 bits per heavy atom. The Kier molecular flexibility index (Phi) is 3.50. The second-order valence-corrected chi connectivity index (χ2v) is 6.74. The molecule has 2 rings (SSSR count). The van der Waals surface area contributed by atoms with Gasteiger partial charge in [0.05, 0.1) is 4.90 Å². The molecule has 7 nitrogen and oxygen atoms in total. The van der Waals surface area contributed by atoms with Crippen LogP contribution in [0.5, 0.6) is 5.75 Å². The van der Waals surface area contributed by atoms with Crippen molar-refractivity contribution >= 4 is 15.6 Å². The minimum Gasteiger partial charge on any atom is -0.508 e. The van der Waals surface area contributed by atoms with Gasteiger partial charge in [0.2, 0.25) is 5.78 Å². The summed E-state index contributed by atoms with van der Waals surface area (Å²) in [5.41, 5.74) is -0.451. The number of aromatic nitrogens is 2. The summed E-state index contributed by atoms with van der Waals surface area (Å²) in [5.74, 6) is -0.972. The van der Waals surface area contributed by atoms with Gasteiger partial charge in [-0.3, -0.25) is 19.4 Å². The maximum atomic E-state index is 12.5. The number of aryl methyl sites for hydroxylation is 2. The summed E-state index contributed by atoms with van der Waals surface area (Å²) >= 11 is 0. The Bertz CT molecular complexity index is 890. The molecule has 0 unspecified atom stereocenters. The highest BCUT2D eigenvalue weighted by Gasteiger charge is 2.25. The lowest BCUT2D eigenvalue weighted by atomic mass is 10.0. The molecule has 0 saturated carbocycles. The normalized spacial score (nSPS) is 11.6. The molecule has 0 fully saturated rings. The largest absolute Gasteiger partial charge is 0.508 e. The zero-order chi connectivity index (χ0) is 15.9. The van der Waals surface area contributed by atoms with E-state index in [4.69, 9.17) is 0 Å². The summed E-state index contributed by atoms with van der Waals surface area (Å²) in [4.78, 5) is 24.1. The summed E-state index contributed by atoms with van der Waals surface area (Å²) < 4.78 is 24.7. The van der Waals surface area contributed by atoms with Crippen molar-refractivity contribution in [2.24, 2.45) is 7.05 Å². The highest BCUT2D eigenvalue weighted by Crippen LogP contribution is 2.23. The third-order valence-corrected chi connectivity index (χ3v) is 4.20. The molecular formula is C13H14N2O5S. The van der Waals surface area contributed by atoms with Crippen LogP contribution in [0.15, 0.2) is 27.9 Å². The summed E-state index contributed by atoms with van der Waals surface area (Å²) in [6, 6.07) is 3.39. The Labute approximate surface area is 120 Å². The summed E-state index contributed by atoms with van der Waals surface area (Å²) in [6.07, 6.45) is 0.931. The smallest absolute Gasteiger partial charge is 0.277 e. The quantitative estimate of drug-likeness (QED) is 0.796. The molecule has 21 heavy (non-hydrogen) atoms. The van der Waals surface area contributed by atoms with Crippen LogP contribution in [-0.4, -0.2) is 35.3 Å². The second kappa shape index (κ2) is 4.88. The van der Waals surface area contributed by atoms with Crippen LogP contribution in [0.1, 0.15) is 21.6 Å². The van der Waals surface area contributed by atoms with Crippen molar-refractivity contribution in [2.75, 3.05) is 6.26 Å². The van der Waals surface area contributed by atoms with E-state index in [0.29, 0.717) is 5.69 Å². The van der Waals surface area contributed by atoms with E-state index in [2.05, 4.69) is 5.10 Å². The van der Waals surface area contributed by atoms with Gasteiger partial charge in [-0.05, 0) is 25.1 Å². The first-order valence-corrected chi connectivity index (χ1v) is 7.85. The first kappa shape index (κ1) is 15.0. The number of rotatable bonds is 3. The van der Waals surface area contributed by atoms with Crippen LogP contribution in [0.2, 0.25) is 0 Å². The van der Waals surface area contributed by atoms with Gasteiger partial charge in [-0.1, -0.05) is 0 Å². The van der Waals surface area contributed by atoms with E-state index in [1.807, 2.05) is 0 Å². The van der Waals surface area contributed by atoms with E-state index in [1.54, 1.807) is 6.92 Å². The van der Waals surface area contributed by atoms with Crippen molar-refractivity contribution < 1.29 is 18.3 Å². The molecule has 0 amide bonds. The first-order valence-electron chi connectivity index (χ1n) is 5.96. The minimum absolute atomic E-state index is 0.118. The molecule has 112 valence electrons. The fourth-order valence-corrected chi connectivity index (χ4v) is 2.99. The van der Waals surface area contributed by atoms with E-state index in [1.165, 1.54) is 19.2 Å². The highest BCUT2D eigenvalue weighted by atomic mass is 32.2. The van der Waals surface area contributed by atoms with E-state index in [0.717, 1.165) is 17.0 Å². The monoisotopic (exact) mass is 310 g/mol. The number of phenolic OH excluding ortho intramolecular Hbond substituents is 1. The van der Waals surface area contributed by atoms with Crippen LogP contribution in [0, 0.1) is 6.92 Å². The summed E-state index contributed by atoms with van der Waals surface area (Å²) in [7, 11) is -2.27. The SMILES string of the molecule is Cc1[nH]n(C)c(=O)c1C(=O)c1ccc(O)cc1S(C)(=O)=O. The van der Waals surface area contributed by atoms with Crippen LogP contribution in [0.4, 0.5) is 0 Å². The van der Waals surface area contributed by atoms with Gasteiger partial charge in [0, 0.05) is 24.6 Å². The minimum atomic E-state index is -3.73. The fraction of sp³-hybridized carbons (Fsp3) is 0.231. The zero-order valence-electron chi connectivity index (χ0n) is 11.7. The molecule has 0 aliphatic rings. The third-order valence-electron chi connectivity index (χ3n) is 3.07. The van der Waals surface area contributed by atoms with Crippen LogP contribution < -0.4 is 5.56 Å². The molecule has 0 saturated heterocycles. The third kappa shape index (κ3) is 2.62. The topological polar surface area (TPSA) is 109 Å². The van der Waals surface area contributed by atoms with Crippen molar-refractivity contribution in [3.8, 4) is 5.75 Å². The average Bonchev–Trinajstić information content (AvgIpc) is 2.61. The molecule has 1 aromatic carbocycles. The lowest BCUT2D eigenvalue weighted by Gasteiger charge is -2.07. The molecule has 8 heteroatoms. The number of H-pyrrole nitrogens is 1. The number of aromatic amines is 1. The number of nitrogens with zero attached hydrogens (tertiary/aromatic N) is 1. The van der Waals surface area contributed by atoms with Gasteiger partial charge in [0.25, 0.3) is 5.56 Å². The fourth-order valence-electron chi connectivity index (χ4n) is 2.09. The van der Waals surface area contributed by atoms with Crippen molar-refractivity contribution in [2.45, 2.75) is 11.8 Å². The molecule has 1 heterocycles. The van der Waals surface area contributed by atoms with Gasteiger partial charge in [-0.2, -0.15) is 0 Å². The Hall–Kier alpha value is -2.35. The number of phenols is 1. The van der Waals surface area contributed by atoms with Crippen LogP contribution in [0.25, 0.3) is 0 Å². The van der Waals surface area contributed by atoms with E-state index in [9.17, 15) is 23.1 Å². The van der Waals surface area contributed by atoms with E-state index in [-0.39, 0.29) is 21.8 Å². The molecule has 2 N–H and O–H groups in total. The number of carbonyl (C=O) groups is 1. The van der Waals surface area contributed by atoms with Crippen LogP contribution in [0.3, 0.4) is 0 Å². The number of nitrogens with one attached hydrogen (secondary N) is 1. The molecule has 0 aliphatic heterocycles. The van der Waals surface area contributed by atoms with Crippen molar-refractivity contribution in [3.05, 3.63) is 45.4 Å². The number of benzene rings is 1.